The van der Waals surface area contributed by atoms with Crippen molar-refractivity contribution in [2.45, 2.75) is 19.3 Å². The highest BCUT2D eigenvalue weighted by Crippen LogP contribution is 2.51. The smallest absolute Gasteiger partial charge is 0.227 e. The zero-order valence-electron chi connectivity index (χ0n) is 28.5. The fourth-order valence-corrected chi connectivity index (χ4v) is 8.07. The molecule has 0 unspecified atom stereocenters. The van der Waals surface area contributed by atoms with Crippen LogP contribution < -0.4 is 4.90 Å². The molecular weight excluding hydrogens is 621 g/mol. The molecule has 0 amide bonds. The van der Waals surface area contributed by atoms with Crippen molar-refractivity contribution in [3.63, 3.8) is 0 Å². The van der Waals surface area contributed by atoms with Crippen LogP contribution in [0.4, 0.5) is 17.1 Å². The SMILES string of the molecule is CC1(C)c2ccccc2-c2ccc(N(c3ccc(-c4ccccc4)cc3)c3ccc4ccc5ccc6oc(-c7ccccc7)nc6c5c4c3)cc21. The van der Waals surface area contributed by atoms with Gasteiger partial charge in [-0.1, -0.05) is 129 Å². The van der Waals surface area contributed by atoms with Crippen molar-refractivity contribution >= 4 is 49.7 Å². The molecule has 51 heavy (non-hydrogen) atoms. The first-order chi connectivity index (χ1) is 25.0. The van der Waals surface area contributed by atoms with E-state index in [0.717, 1.165) is 55.3 Å². The quantitative estimate of drug-likeness (QED) is 0.173. The Kier molecular flexibility index (Phi) is 6.53. The van der Waals surface area contributed by atoms with Crippen molar-refractivity contribution in [2.75, 3.05) is 4.90 Å². The molecule has 0 radical (unpaired) electrons. The van der Waals surface area contributed by atoms with Crippen LogP contribution in [0.1, 0.15) is 25.0 Å². The molecule has 0 atom stereocenters. The number of nitrogens with zero attached hydrogens (tertiary/aromatic N) is 2. The van der Waals surface area contributed by atoms with E-state index in [1.165, 1.54) is 33.4 Å². The highest BCUT2D eigenvalue weighted by atomic mass is 16.3. The first-order valence-corrected chi connectivity index (χ1v) is 17.5. The minimum absolute atomic E-state index is 0.112. The minimum atomic E-state index is -0.112. The molecule has 242 valence electrons. The van der Waals surface area contributed by atoms with E-state index in [2.05, 4.69) is 152 Å². The third-order valence-electron chi connectivity index (χ3n) is 10.7. The van der Waals surface area contributed by atoms with Gasteiger partial charge >= 0.3 is 0 Å². The molecule has 10 rings (SSSR count). The summed E-state index contributed by atoms with van der Waals surface area (Å²) < 4.78 is 6.34. The van der Waals surface area contributed by atoms with E-state index < -0.39 is 0 Å². The summed E-state index contributed by atoms with van der Waals surface area (Å²) in [6, 6.07) is 60.8. The highest BCUT2D eigenvalue weighted by molar-refractivity contribution is 6.19. The summed E-state index contributed by atoms with van der Waals surface area (Å²) in [6.07, 6.45) is 0. The van der Waals surface area contributed by atoms with E-state index in [9.17, 15) is 0 Å². The second kappa shape index (κ2) is 11.3. The molecule has 1 aliphatic carbocycles. The molecule has 0 saturated heterocycles. The van der Waals surface area contributed by atoms with Crippen molar-refractivity contribution in [1.82, 2.24) is 4.98 Å². The predicted molar refractivity (Wildman–Crippen MR) is 212 cm³/mol. The van der Waals surface area contributed by atoms with Crippen LogP contribution in [0, 0.1) is 0 Å². The van der Waals surface area contributed by atoms with Gasteiger partial charge in [0.25, 0.3) is 0 Å². The summed E-state index contributed by atoms with van der Waals surface area (Å²) in [5.41, 5.74) is 13.6. The Hall–Kier alpha value is -6.45. The standard InChI is InChI=1S/C48H34N2O/c1-48(2)42-16-10-9-15-39(42)40-27-26-38(30-43(40)48)50(36-23-19-32(20-24-36)31-11-5-3-6-12-31)37-25-21-33-17-18-34-22-28-44-46(45(34)41(33)29-37)49-47(51-44)35-13-7-4-8-14-35/h3-30H,1-2H3. The Morgan fingerprint density at radius 3 is 1.88 bits per heavy atom. The molecule has 1 aliphatic rings. The van der Waals surface area contributed by atoms with Gasteiger partial charge in [0.15, 0.2) is 5.58 Å². The number of oxazole rings is 1. The zero-order chi connectivity index (χ0) is 34.1. The molecule has 0 fully saturated rings. The van der Waals surface area contributed by atoms with Crippen LogP contribution in [0.3, 0.4) is 0 Å². The predicted octanol–water partition coefficient (Wildman–Crippen LogP) is 13.2. The van der Waals surface area contributed by atoms with Crippen LogP contribution in [-0.2, 0) is 5.41 Å². The van der Waals surface area contributed by atoms with Gasteiger partial charge in [-0.05, 0) is 104 Å². The van der Waals surface area contributed by atoms with E-state index in [1.54, 1.807) is 0 Å². The van der Waals surface area contributed by atoms with Gasteiger partial charge < -0.3 is 9.32 Å². The molecule has 3 nitrogen and oxygen atoms in total. The second-order valence-electron chi connectivity index (χ2n) is 14.0. The molecule has 9 aromatic rings. The van der Waals surface area contributed by atoms with Crippen molar-refractivity contribution in [1.29, 1.82) is 0 Å². The van der Waals surface area contributed by atoms with Crippen molar-refractivity contribution in [3.8, 4) is 33.7 Å². The summed E-state index contributed by atoms with van der Waals surface area (Å²) in [4.78, 5) is 7.48. The van der Waals surface area contributed by atoms with Gasteiger partial charge in [0.1, 0.15) is 5.52 Å². The lowest BCUT2D eigenvalue weighted by atomic mass is 9.82. The maximum Gasteiger partial charge on any atom is 0.227 e. The maximum atomic E-state index is 6.34. The Bertz CT molecular complexity index is 2760. The van der Waals surface area contributed by atoms with Crippen LogP contribution in [0.5, 0.6) is 0 Å². The number of hydrogen-bond acceptors (Lipinski definition) is 3. The Morgan fingerprint density at radius 2 is 1.08 bits per heavy atom. The minimum Gasteiger partial charge on any atom is -0.436 e. The average Bonchev–Trinajstić information content (AvgIpc) is 3.72. The Labute approximate surface area is 297 Å². The van der Waals surface area contributed by atoms with E-state index in [-0.39, 0.29) is 5.41 Å². The lowest BCUT2D eigenvalue weighted by Crippen LogP contribution is -2.16. The van der Waals surface area contributed by atoms with Crippen LogP contribution in [-0.4, -0.2) is 4.98 Å². The normalized spacial score (nSPS) is 13.1. The number of rotatable bonds is 5. The van der Waals surface area contributed by atoms with Crippen LogP contribution >= 0.6 is 0 Å². The lowest BCUT2D eigenvalue weighted by Gasteiger charge is -2.28. The fraction of sp³-hybridized carbons (Fsp3) is 0.0625. The maximum absolute atomic E-state index is 6.34. The monoisotopic (exact) mass is 654 g/mol. The van der Waals surface area contributed by atoms with E-state index >= 15 is 0 Å². The van der Waals surface area contributed by atoms with Crippen molar-refractivity contribution in [2.24, 2.45) is 0 Å². The van der Waals surface area contributed by atoms with E-state index in [1.807, 2.05) is 36.4 Å². The number of fused-ring (bicyclic) bond motifs is 8. The third kappa shape index (κ3) is 4.69. The summed E-state index contributed by atoms with van der Waals surface area (Å²) in [6.45, 7) is 4.69. The fourth-order valence-electron chi connectivity index (χ4n) is 8.07. The highest BCUT2D eigenvalue weighted by Gasteiger charge is 2.35. The van der Waals surface area contributed by atoms with Gasteiger partial charge in [-0.15, -0.1) is 0 Å². The molecule has 3 heteroatoms. The van der Waals surface area contributed by atoms with Gasteiger partial charge in [-0.3, -0.25) is 0 Å². The molecule has 0 aliphatic heterocycles. The van der Waals surface area contributed by atoms with Crippen LogP contribution in [0.25, 0.3) is 66.4 Å². The van der Waals surface area contributed by atoms with E-state index in [0.29, 0.717) is 5.89 Å². The molecule has 1 aromatic heterocycles. The topological polar surface area (TPSA) is 29.3 Å². The molecule has 1 heterocycles. The molecular formula is C48H34N2O. The number of hydrogen-bond donors (Lipinski definition) is 0. The summed E-state index contributed by atoms with van der Waals surface area (Å²) >= 11 is 0. The van der Waals surface area contributed by atoms with Gasteiger partial charge in [-0.25, -0.2) is 4.98 Å². The number of benzene rings is 8. The largest absolute Gasteiger partial charge is 0.436 e. The van der Waals surface area contributed by atoms with Crippen molar-refractivity contribution < 1.29 is 4.42 Å². The number of anilines is 3. The molecule has 0 N–H and O–H groups in total. The second-order valence-corrected chi connectivity index (χ2v) is 14.0. The van der Waals surface area contributed by atoms with Gasteiger partial charge in [0.2, 0.25) is 5.89 Å². The summed E-state index contributed by atoms with van der Waals surface area (Å²) in [5, 5.41) is 4.54. The zero-order valence-corrected chi connectivity index (χ0v) is 28.5. The van der Waals surface area contributed by atoms with Gasteiger partial charge in [-0.2, -0.15) is 0 Å². The molecule has 0 bridgehead atoms. The van der Waals surface area contributed by atoms with Gasteiger partial charge in [0, 0.05) is 33.4 Å². The molecule has 0 spiro atoms. The van der Waals surface area contributed by atoms with Gasteiger partial charge in [0.05, 0.1) is 0 Å². The Morgan fingerprint density at radius 1 is 0.490 bits per heavy atom. The number of aromatic nitrogens is 1. The first-order valence-electron chi connectivity index (χ1n) is 17.5. The lowest BCUT2D eigenvalue weighted by molar-refractivity contribution is 0.620. The first kappa shape index (κ1) is 29.5. The van der Waals surface area contributed by atoms with Crippen LogP contribution in [0.2, 0.25) is 0 Å². The third-order valence-corrected chi connectivity index (χ3v) is 10.7. The molecule has 8 aromatic carbocycles. The Balaban J connectivity index is 1.18. The van der Waals surface area contributed by atoms with Crippen LogP contribution in [0.15, 0.2) is 174 Å². The molecule has 0 saturated carbocycles. The van der Waals surface area contributed by atoms with E-state index in [4.69, 9.17) is 9.40 Å². The van der Waals surface area contributed by atoms with Crippen molar-refractivity contribution in [3.05, 3.63) is 181 Å². The summed E-state index contributed by atoms with van der Waals surface area (Å²) in [7, 11) is 0. The summed E-state index contributed by atoms with van der Waals surface area (Å²) in [5.74, 6) is 0.633. The average molecular weight is 655 g/mol.